The molecule has 1 aliphatic rings. The van der Waals surface area contributed by atoms with Crippen LogP contribution in [0.3, 0.4) is 0 Å². The number of rotatable bonds is 7. The first kappa shape index (κ1) is 20.0. The summed E-state index contributed by atoms with van der Waals surface area (Å²) in [5.41, 5.74) is 1.35. The highest BCUT2D eigenvalue weighted by Gasteiger charge is 2.46. The number of aryl methyl sites for hydroxylation is 2. The molecule has 146 valence electrons. The summed E-state index contributed by atoms with van der Waals surface area (Å²) in [6.45, 7) is 3.79. The van der Waals surface area contributed by atoms with Crippen molar-refractivity contribution >= 4 is 27.6 Å². The molecule has 1 aliphatic carbocycles. The SMILES string of the molecule is CCc1oc(C(C2CC2)S(=O)(=O)c2ccc(C)cc2)c(SC)c1C(=O)OC. The first-order valence-electron chi connectivity index (χ1n) is 8.93. The van der Waals surface area contributed by atoms with Crippen LogP contribution in [0.25, 0.3) is 0 Å². The monoisotopic (exact) mass is 408 g/mol. The molecule has 0 N–H and O–H groups in total. The summed E-state index contributed by atoms with van der Waals surface area (Å²) in [6.07, 6.45) is 3.97. The van der Waals surface area contributed by atoms with Crippen LogP contribution in [-0.2, 0) is 21.0 Å². The Hall–Kier alpha value is -1.73. The number of carbonyl (C=O) groups excluding carboxylic acids is 1. The standard InChI is InChI=1S/C20H24O5S2/c1-5-15-16(20(21)24-3)18(26-4)17(25-15)19(13-8-9-13)27(22,23)14-10-6-12(2)7-11-14/h6-7,10-11,13,19H,5,8-9H2,1-4H3. The number of thioether (sulfide) groups is 1. The molecule has 3 rings (SSSR count). The molecule has 0 bridgehead atoms. The molecule has 1 heterocycles. The minimum Gasteiger partial charge on any atom is -0.465 e. The fourth-order valence-corrected chi connectivity index (χ4v) is 6.19. The summed E-state index contributed by atoms with van der Waals surface area (Å²) in [7, 11) is -2.32. The Morgan fingerprint density at radius 1 is 1.30 bits per heavy atom. The van der Waals surface area contributed by atoms with E-state index >= 15 is 0 Å². The van der Waals surface area contributed by atoms with E-state index in [9.17, 15) is 13.2 Å². The molecular weight excluding hydrogens is 384 g/mol. The predicted molar refractivity (Wildman–Crippen MR) is 105 cm³/mol. The average Bonchev–Trinajstić information content (AvgIpc) is 3.41. The van der Waals surface area contributed by atoms with Gasteiger partial charge in [-0.3, -0.25) is 0 Å². The number of benzene rings is 1. The number of methoxy groups -OCH3 is 1. The largest absolute Gasteiger partial charge is 0.465 e. The second kappa shape index (κ2) is 7.72. The van der Waals surface area contributed by atoms with Gasteiger partial charge in [-0.25, -0.2) is 13.2 Å². The molecule has 1 aromatic heterocycles. The number of hydrogen-bond donors (Lipinski definition) is 0. The van der Waals surface area contributed by atoms with Crippen LogP contribution in [0, 0.1) is 12.8 Å². The smallest absolute Gasteiger partial charge is 0.342 e. The minimum atomic E-state index is -3.64. The molecule has 27 heavy (non-hydrogen) atoms. The summed E-state index contributed by atoms with van der Waals surface area (Å²) in [5, 5.41) is -0.786. The van der Waals surface area contributed by atoms with Crippen molar-refractivity contribution in [3.05, 3.63) is 46.9 Å². The fraction of sp³-hybridized carbons (Fsp3) is 0.450. The zero-order valence-electron chi connectivity index (χ0n) is 15.9. The van der Waals surface area contributed by atoms with Crippen molar-refractivity contribution in [2.75, 3.05) is 13.4 Å². The van der Waals surface area contributed by atoms with Crippen LogP contribution in [0.1, 0.15) is 52.5 Å². The second-order valence-corrected chi connectivity index (χ2v) is 9.64. The molecular formula is C20H24O5S2. The van der Waals surface area contributed by atoms with Crippen molar-refractivity contribution in [1.82, 2.24) is 0 Å². The molecule has 1 fully saturated rings. The number of esters is 1. The van der Waals surface area contributed by atoms with Crippen LogP contribution >= 0.6 is 11.8 Å². The average molecular weight is 409 g/mol. The van der Waals surface area contributed by atoms with E-state index in [4.69, 9.17) is 9.15 Å². The van der Waals surface area contributed by atoms with Crippen molar-refractivity contribution in [1.29, 1.82) is 0 Å². The number of sulfone groups is 1. The third kappa shape index (κ3) is 3.67. The summed E-state index contributed by atoms with van der Waals surface area (Å²) in [4.78, 5) is 13.2. The summed E-state index contributed by atoms with van der Waals surface area (Å²) in [6, 6.07) is 6.88. The highest BCUT2D eigenvalue weighted by atomic mass is 32.2. The van der Waals surface area contributed by atoms with Crippen LogP contribution in [0.2, 0.25) is 0 Å². The van der Waals surface area contributed by atoms with E-state index in [0.717, 1.165) is 18.4 Å². The maximum atomic E-state index is 13.5. The molecule has 0 aliphatic heterocycles. The van der Waals surface area contributed by atoms with Gasteiger partial charge in [0.25, 0.3) is 0 Å². The van der Waals surface area contributed by atoms with Gasteiger partial charge in [0.15, 0.2) is 9.84 Å². The molecule has 1 aromatic carbocycles. The third-order valence-corrected chi connectivity index (χ3v) is 7.88. The zero-order valence-corrected chi connectivity index (χ0v) is 17.6. The van der Waals surface area contributed by atoms with Gasteiger partial charge < -0.3 is 9.15 Å². The second-order valence-electron chi connectivity index (χ2n) is 6.76. The predicted octanol–water partition coefficient (Wildman–Crippen LogP) is 4.58. The lowest BCUT2D eigenvalue weighted by molar-refractivity contribution is 0.0594. The topological polar surface area (TPSA) is 73.6 Å². The van der Waals surface area contributed by atoms with E-state index in [1.807, 2.05) is 20.1 Å². The maximum absolute atomic E-state index is 13.5. The van der Waals surface area contributed by atoms with E-state index in [1.165, 1.54) is 18.9 Å². The van der Waals surface area contributed by atoms with Gasteiger partial charge in [0, 0.05) is 6.42 Å². The Kier molecular flexibility index (Phi) is 5.72. The van der Waals surface area contributed by atoms with Crippen LogP contribution in [-0.4, -0.2) is 27.8 Å². The summed E-state index contributed by atoms with van der Waals surface area (Å²) >= 11 is 1.33. The van der Waals surface area contributed by atoms with Gasteiger partial charge in [-0.2, -0.15) is 0 Å². The van der Waals surface area contributed by atoms with Gasteiger partial charge in [0.1, 0.15) is 22.3 Å². The van der Waals surface area contributed by atoms with Crippen LogP contribution in [0.15, 0.2) is 38.5 Å². The van der Waals surface area contributed by atoms with Gasteiger partial charge >= 0.3 is 5.97 Å². The van der Waals surface area contributed by atoms with Crippen molar-refractivity contribution in [2.24, 2.45) is 5.92 Å². The first-order chi connectivity index (χ1) is 12.8. The first-order valence-corrected chi connectivity index (χ1v) is 11.7. The van der Waals surface area contributed by atoms with Crippen LogP contribution in [0.4, 0.5) is 0 Å². The molecule has 0 amide bonds. The number of carbonyl (C=O) groups is 1. The molecule has 1 unspecified atom stereocenters. The highest BCUT2D eigenvalue weighted by molar-refractivity contribution is 7.98. The maximum Gasteiger partial charge on any atom is 0.342 e. The summed E-state index contributed by atoms with van der Waals surface area (Å²) < 4.78 is 37.8. The zero-order chi connectivity index (χ0) is 19.8. The molecule has 7 heteroatoms. The van der Waals surface area contributed by atoms with Gasteiger partial charge in [0.2, 0.25) is 0 Å². The highest BCUT2D eigenvalue weighted by Crippen LogP contribution is 2.51. The van der Waals surface area contributed by atoms with Gasteiger partial charge in [-0.05, 0) is 44.1 Å². The van der Waals surface area contributed by atoms with Crippen LogP contribution in [0.5, 0.6) is 0 Å². The molecule has 1 saturated carbocycles. The van der Waals surface area contributed by atoms with Crippen molar-refractivity contribution in [3.63, 3.8) is 0 Å². The lowest BCUT2D eigenvalue weighted by Gasteiger charge is -2.17. The third-order valence-electron chi connectivity index (χ3n) is 4.87. The van der Waals surface area contributed by atoms with E-state index in [1.54, 1.807) is 24.3 Å². The molecule has 0 spiro atoms. The molecule has 2 aromatic rings. The van der Waals surface area contributed by atoms with Crippen molar-refractivity contribution < 1.29 is 22.4 Å². The van der Waals surface area contributed by atoms with E-state index < -0.39 is 21.1 Å². The Balaban J connectivity index is 2.18. The van der Waals surface area contributed by atoms with Gasteiger partial charge in [-0.15, -0.1) is 11.8 Å². The number of hydrogen-bond acceptors (Lipinski definition) is 6. The Morgan fingerprint density at radius 2 is 1.93 bits per heavy atom. The minimum absolute atomic E-state index is 0.00329. The lowest BCUT2D eigenvalue weighted by atomic mass is 10.1. The molecule has 1 atom stereocenters. The molecule has 5 nitrogen and oxygen atoms in total. The van der Waals surface area contributed by atoms with E-state index in [-0.39, 0.29) is 10.8 Å². The fourth-order valence-electron chi connectivity index (χ4n) is 3.31. The van der Waals surface area contributed by atoms with Crippen molar-refractivity contribution in [2.45, 2.75) is 48.2 Å². The van der Waals surface area contributed by atoms with E-state index in [0.29, 0.717) is 28.4 Å². The Labute approximate surface area is 164 Å². The Bertz CT molecular complexity index is 937. The van der Waals surface area contributed by atoms with E-state index in [2.05, 4.69) is 0 Å². The van der Waals surface area contributed by atoms with Crippen LogP contribution < -0.4 is 0 Å². The Morgan fingerprint density at radius 3 is 2.41 bits per heavy atom. The molecule has 0 saturated heterocycles. The lowest BCUT2D eigenvalue weighted by Crippen LogP contribution is -2.16. The number of ether oxygens (including phenoxy) is 1. The van der Waals surface area contributed by atoms with Crippen molar-refractivity contribution in [3.8, 4) is 0 Å². The quantitative estimate of drug-likeness (QED) is 0.493. The van der Waals surface area contributed by atoms with Gasteiger partial charge in [-0.1, -0.05) is 24.6 Å². The number of furan rings is 1. The molecule has 0 radical (unpaired) electrons. The van der Waals surface area contributed by atoms with Gasteiger partial charge in [0.05, 0.1) is 16.9 Å². The normalized spacial score (nSPS) is 15.6. The summed E-state index contributed by atoms with van der Waals surface area (Å²) in [5.74, 6) is 0.366.